The Hall–Kier alpha value is -0.930. The summed E-state index contributed by atoms with van der Waals surface area (Å²) in [4.78, 5) is 1.93. The van der Waals surface area contributed by atoms with E-state index in [2.05, 4.69) is 0 Å². The fourth-order valence-electron chi connectivity index (χ4n) is 1.57. The van der Waals surface area contributed by atoms with Gasteiger partial charge >= 0.3 is 0 Å². The maximum absolute atomic E-state index is 13.3. The molecule has 1 rings (SSSR count). The van der Waals surface area contributed by atoms with E-state index in [1.54, 1.807) is 0 Å². The van der Waals surface area contributed by atoms with Gasteiger partial charge in [-0.1, -0.05) is 6.07 Å². The molecule has 0 saturated carbocycles. The molecule has 0 aliphatic rings. The Bertz CT molecular complexity index is 354. The van der Waals surface area contributed by atoms with Crippen LogP contribution in [0.25, 0.3) is 0 Å². The van der Waals surface area contributed by atoms with E-state index >= 15 is 0 Å². The molecule has 90 valence electrons. The summed E-state index contributed by atoms with van der Waals surface area (Å²) >= 11 is 0. The normalized spacial score (nSPS) is 14.2. The van der Waals surface area contributed by atoms with E-state index in [1.807, 2.05) is 45.8 Å². The highest BCUT2D eigenvalue weighted by Crippen LogP contribution is 2.30. The predicted molar refractivity (Wildman–Crippen MR) is 63.9 cm³/mol. The minimum atomic E-state index is -0.711. The first-order valence-corrected chi connectivity index (χ1v) is 5.37. The summed E-state index contributed by atoms with van der Waals surface area (Å²) in [6.45, 7) is 5.68. The van der Waals surface area contributed by atoms with Crippen molar-refractivity contribution in [3.8, 4) is 0 Å². The standard InChI is InChI=1S/C13H20FNO/c1-9-6-10(8-11(14)7-9)12(16)13(2,3)15(4)5/h6-8,12,16H,1-5H3. The fraction of sp³-hybridized carbons (Fsp3) is 0.538. The first-order chi connectivity index (χ1) is 7.25. The largest absolute Gasteiger partial charge is 0.386 e. The summed E-state index contributed by atoms with van der Waals surface area (Å²) in [5, 5.41) is 10.3. The van der Waals surface area contributed by atoms with Crippen molar-refractivity contribution in [2.75, 3.05) is 14.1 Å². The first kappa shape index (κ1) is 13.1. The molecule has 0 aromatic heterocycles. The van der Waals surface area contributed by atoms with Crippen molar-refractivity contribution in [1.29, 1.82) is 0 Å². The van der Waals surface area contributed by atoms with Crippen LogP contribution in [0.15, 0.2) is 18.2 Å². The lowest BCUT2D eigenvalue weighted by atomic mass is 9.89. The van der Waals surface area contributed by atoms with Gasteiger partial charge in [-0.05, 0) is 58.1 Å². The van der Waals surface area contributed by atoms with E-state index in [9.17, 15) is 9.50 Å². The van der Waals surface area contributed by atoms with Crippen molar-refractivity contribution in [1.82, 2.24) is 4.90 Å². The van der Waals surface area contributed by atoms with Gasteiger partial charge in [-0.3, -0.25) is 0 Å². The van der Waals surface area contributed by atoms with Crippen LogP contribution in [0.2, 0.25) is 0 Å². The number of hydrogen-bond acceptors (Lipinski definition) is 2. The summed E-state index contributed by atoms with van der Waals surface area (Å²) in [6, 6.07) is 4.67. The molecule has 16 heavy (non-hydrogen) atoms. The number of aliphatic hydroxyl groups is 1. The Kier molecular flexibility index (Phi) is 3.71. The Morgan fingerprint density at radius 1 is 1.25 bits per heavy atom. The van der Waals surface area contributed by atoms with E-state index in [-0.39, 0.29) is 5.82 Å². The van der Waals surface area contributed by atoms with E-state index < -0.39 is 11.6 Å². The molecule has 0 radical (unpaired) electrons. The monoisotopic (exact) mass is 225 g/mol. The van der Waals surface area contributed by atoms with Crippen molar-refractivity contribution in [3.05, 3.63) is 35.1 Å². The lowest BCUT2D eigenvalue weighted by molar-refractivity contribution is 0.0162. The number of halogens is 1. The number of aliphatic hydroxyl groups excluding tert-OH is 1. The van der Waals surface area contributed by atoms with Crippen LogP contribution in [0.1, 0.15) is 31.1 Å². The van der Waals surface area contributed by atoms with E-state index in [0.29, 0.717) is 5.56 Å². The van der Waals surface area contributed by atoms with Crippen molar-refractivity contribution < 1.29 is 9.50 Å². The molecule has 1 aromatic carbocycles. The van der Waals surface area contributed by atoms with Crippen LogP contribution in [0.4, 0.5) is 4.39 Å². The third-order valence-electron chi connectivity index (χ3n) is 3.20. The zero-order valence-corrected chi connectivity index (χ0v) is 10.6. The molecule has 2 nitrogen and oxygen atoms in total. The summed E-state index contributed by atoms with van der Waals surface area (Å²) < 4.78 is 13.3. The Balaban J connectivity index is 3.09. The van der Waals surface area contributed by atoms with Crippen molar-refractivity contribution in [3.63, 3.8) is 0 Å². The van der Waals surface area contributed by atoms with Gasteiger partial charge in [0.15, 0.2) is 0 Å². The second-order valence-corrected chi connectivity index (χ2v) is 5.01. The van der Waals surface area contributed by atoms with Crippen LogP contribution in [0, 0.1) is 12.7 Å². The first-order valence-electron chi connectivity index (χ1n) is 5.37. The van der Waals surface area contributed by atoms with Crippen molar-refractivity contribution in [2.45, 2.75) is 32.4 Å². The zero-order chi connectivity index (χ0) is 12.5. The van der Waals surface area contributed by atoms with Gasteiger partial charge < -0.3 is 10.0 Å². The van der Waals surface area contributed by atoms with Gasteiger partial charge in [0.05, 0.1) is 6.10 Å². The smallest absolute Gasteiger partial charge is 0.123 e. The quantitative estimate of drug-likeness (QED) is 0.854. The third-order valence-corrected chi connectivity index (χ3v) is 3.20. The van der Waals surface area contributed by atoms with Gasteiger partial charge in [0.2, 0.25) is 0 Å². The predicted octanol–water partition coefficient (Wildman–Crippen LogP) is 2.51. The lowest BCUT2D eigenvalue weighted by Crippen LogP contribution is -2.43. The van der Waals surface area contributed by atoms with E-state index in [4.69, 9.17) is 0 Å². The Labute approximate surface area is 96.7 Å². The Morgan fingerprint density at radius 3 is 2.25 bits per heavy atom. The molecular formula is C13H20FNO. The molecule has 0 amide bonds. The SMILES string of the molecule is Cc1cc(F)cc(C(O)C(C)(C)N(C)C)c1. The molecular weight excluding hydrogens is 205 g/mol. The lowest BCUT2D eigenvalue weighted by Gasteiger charge is -2.37. The van der Waals surface area contributed by atoms with Gasteiger partial charge in [0, 0.05) is 5.54 Å². The highest BCUT2D eigenvalue weighted by atomic mass is 19.1. The zero-order valence-electron chi connectivity index (χ0n) is 10.6. The molecule has 1 unspecified atom stereocenters. The van der Waals surface area contributed by atoms with E-state index in [0.717, 1.165) is 5.56 Å². The summed E-state index contributed by atoms with van der Waals surface area (Å²) in [5.41, 5.74) is 1.01. The van der Waals surface area contributed by atoms with Crippen LogP contribution in [-0.2, 0) is 0 Å². The maximum atomic E-state index is 13.3. The number of rotatable bonds is 3. The maximum Gasteiger partial charge on any atom is 0.123 e. The molecule has 1 atom stereocenters. The fourth-order valence-corrected chi connectivity index (χ4v) is 1.57. The molecule has 0 fully saturated rings. The van der Waals surface area contributed by atoms with Crippen molar-refractivity contribution >= 4 is 0 Å². The highest BCUT2D eigenvalue weighted by molar-refractivity contribution is 5.27. The van der Waals surface area contributed by atoms with Crippen molar-refractivity contribution in [2.24, 2.45) is 0 Å². The van der Waals surface area contributed by atoms with Gasteiger partial charge in [-0.15, -0.1) is 0 Å². The van der Waals surface area contributed by atoms with Crippen LogP contribution >= 0.6 is 0 Å². The third kappa shape index (κ3) is 2.60. The number of likely N-dealkylation sites (N-methyl/N-ethyl adjacent to an activating group) is 1. The minimum Gasteiger partial charge on any atom is -0.386 e. The average Bonchev–Trinajstić information content (AvgIpc) is 2.14. The summed E-state index contributed by atoms with van der Waals surface area (Å²) in [6.07, 6.45) is -0.711. The second-order valence-electron chi connectivity index (χ2n) is 5.01. The Morgan fingerprint density at radius 2 is 1.81 bits per heavy atom. The molecule has 0 heterocycles. The van der Waals surface area contributed by atoms with Gasteiger partial charge in [-0.25, -0.2) is 4.39 Å². The van der Waals surface area contributed by atoms with Crippen LogP contribution in [-0.4, -0.2) is 29.6 Å². The van der Waals surface area contributed by atoms with Crippen LogP contribution in [0.5, 0.6) is 0 Å². The molecule has 3 heteroatoms. The molecule has 0 spiro atoms. The second kappa shape index (κ2) is 4.52. The van der Waals surface area contributed by atoms with Crippen LogP contribution < -0.4 is 0 Å². The average molecular weight is 225 g/mol. The highest BCUT2D eigenvalue weighted by Gasteiger charge is 2.31. The number of aryl methyl sites for hydroxylation is 1. The van der Waals surface area contributed by atoms with E-state index in [1.165, 1.54) is 12.1 Å². The molecule has 0 saturated heterocycles. The topological polar surface area (TPSA) is 23.5 Å². The summed E-state index contributed by atoms with van der Waals surface area (Å²) in [5.74, 6) is -0.302. The van der Waals surface area contributed by atoms with Crippen LogP contribution in [0.3, 0.4) is 0 Å². The molecule has 0 aliphatic carbocycles. The number of hydrogen-bond donors (Lipinski definition) is 1. The molecule has 0 bridgehead atoms. The van der Waals surface area contributed by atoms with Gasteiger partial charge in [-0.2, -0.15) is 0 Å². The molecule has 1 N–H and O–H groups in total. The summed E-state index contributed by atoms with van der Waals surface area (Å²) in [7, 11) is 3.80. The van der Waals surface area contributed by atoms with Gasteiger partial charge in [0.25, 0.3) is 0 Å². The number of nitrogens with zero attached hydrogens (tertiary/aromatic N) is 1. The minimum absolute atomic E-state index is 0.302. The number of benzene rings is 1. The molecule has 0 aliphatic heterocycles. The molecule has 1 aromatic rings. The van der Waals surface area contributed by atoms with Gasteiger partial charge in [0.1, 0.15) is 5.82 Å².